The number of H-pyrrole nitrogens is 1. The van der Waals surface area contributed by atoms with Crippen LogP contribution in [0, 0.1) is 12.3 Å². The van der Waals surface area contributed by atoms with Crippen molar-refractivity contribution in [3.05, 3.63) is 64.6 Å². The lowest BCUT2D eigenvalue weighted by molar-refractivity contribution is 0.246. The summed E-state index contributed by atoms with van der Waals surface area (Å²) in [6.45, 7) is 12.0. The van der Waals surface area contributed by atoms with Crippen LogP contribution in [-0.4, -0.2) is 21.6 Å². The van der Waals surface area contributed by atoms with Crippen molar-refractivity contribution in [3.8, 4) is 16.3 Å². The summed E-state index contributed by atoms with van der Waals surface area (Å²) in [7, 11) is 0. The molecule has 0 amide bonds. The van der Waals surface area contributed by atoms with E-state index in [9.17, 15) is 0 Å². The fraction of sp³-hybridized carbons (Fsp3) is 0.448. The molecule has 3 heterocycles. The van der Waals surface area contributed by atoms with Gasteiger partial charge in [0, 0.05) is 51.9 Å². The second kappa shape index (κ2) is 10.7. The third kappa shape index (κ3) is 5.05. The Hall–Kier alpha value is -2.66. The fourth-order valence-electron chi connectivity index (χ4n) is 4.98. The molecule has 5 heteroatoms. The van der Waals surface area contributed by atoms with E-state index in [0.717, 1.165) is 41.3 Å². The predicted octanol–water partition coefficient (Wildman–Crippen LogP) is 7.94. The molecule has 180 valence electrons. The molecule has 0 saturated heterocycles. The smallest absolute Gasteiger partial charge is 0.123 e. The summed E-state index contributed by atoms with van der Waals surface area (Å²) in [6, 6.07) is 10.5. The quantitative estimate of drug-likeness (QED) is 0.239. The van der Waals surface area contributed by atoms with Gasteiger partial charge in [0.2, 0.25) is 0 Å². The van der Waals surface area contributed by atoms with Gasteiger partial charge in [-0.15, -0.1) is 11.3 Å². The topological polar surface area (TPSA) is 50.8 Å². The standard InChI is InChI=1S/C29H37N3OS/c1-6-23-24-11-10-22(18-26(24)31-27(23)19-29(7-2,8-3)9-4)33-17-14-25-20(5)34-28(32-25)21-12-15-30-16-13-21/h10-13,15-16,18,31H,6-9,14,17,19H2,1-5H3. The minimum Gasteiger partial charge on any atom is -0.493 e. The summed E-state index contributed by atoms with van der Waals surface area (Å²) in [5.41, 5.74) is 6.66. The van der Waals surface area contributed by atoms with Crippen LogP contribution in [0.15, 0.2) is 42.7 Å². The summed E-state index contributed by atoms with van der Waals surface area (Å²) in [4.78, 5) is 14.0. The first-order valence-electron chi connectivity index (χ1n) is 12.7. The highest BCUT2D eigenvalue weighted by Crippen LogP contribution is 2.37. The van der Waals surface area contributed by atoms with Gasteiger partial charge < -0.3 is 9.72 Å². The molecule has 0 atom stereocenters. The lowest BCUT2D eigenvalue weighted by atomic mass is 9.75. The molecule has 1 aromatic carbocycles. The number of benzene rings is 1. The summed E-state index contributed by atoms with van der Waals surface area (Å²) in [5.74, 6) is 0.915. The van der Waals surface area contributed by atoms with E-state index in [4.69, 9.17) is 9.72 Å². The zero-order valence-corrected chi connectivity index (χ0v) is 22.0. The van der Waals surface area contributed by atoms with Gasteiger partial charge in [-0.1, -0.05) is 47.0 Å². The van der Waals surface area contributed by atoms with Gasteiger partial charge in [-0.25, -0.2) is 4.98 Å². The first-order valence-corrected chi connectivity index (χ1v) is 13.5. The van der Waals surface area contributed by atoms with Crippen LogP contribution < -0.4 is 4.74 Å². The van der Waals surface area contributed by atoms with Crippen LogP contribution >= 0.6 is 11.3 Å². The summed E-state index contributed by atoms with van der Waals surface area (Å²) in [5, 5.41) is 2.38. The maximum atomic E-state index is 6.17. The van der Waals surface area contributed by atoms with Crippen LogP contribution in [-0.2, 0) is 19.3 Å². The Bertz CT molecular complexity index is 1210. The molecule has 0 fully saturated rings. The number of fused-ring (bicyclic) bond motifs is 1. The number of aryl methyl sites for hydroxylation is 2. The van der Waals surface area contributed by atoms with Gasteiger partial charge in [0.1, 0.15) is 10.8 Å². The molecule has 4 aromatic rings. The molecule has 0 bridgehead atoms. The minimum absolute atomic E-state index is 0.380. The summed E-state index contributed by atoms with van der Waals surface area (Å²) < 4.78 is 6.17. The Balaban J connectivity index is 1.47. The van der Waals surface area contributed by atoms with E-state index in [1.165, 1.54) is 46.3 Å². The van der Waals surface area contributed by atoms with Gasteiger partial charge in [0.25, 0.3) is 0 Å². The van der Waals surface area contributed by atoms with Crippen molar-refractivity contribution >= 4 is 22.2 Å². The SMILES string of the molecule is CCc1c(CC(CC)(CC)CC)[nH]c2cc(OCCc3nc(-c4ccncc4)sc3C)ccc12. The van der Waals surface area contributed by atoms with Crippen LogP contribution in [0.5, 0.6) is 5.75 Å². The molecule has 1 N–H and O–H groups in total. The first kappa shape index (κ1) is 24.5. The molecule has 0 unspecified atom stereocenters. The number of nitrogens with one attached hydrogen (secondary N) is 1. The molecule has 0 aliphatic rings. The summed E-state index contributed by atoms with van der Waals surface area (Å²) >= 11 is 1.73. The number of hydrogen-bond acceptors (Lipinski definition) is 4. The molecule has 0 aliphatic carbocycles. The minimum atomic E-state index is 0.380. The van der Waals surface area contributed by atoms with Crippen molar-refractivity contribution in [2.24, 2.45) is 5.41 Å². The maximum absolute atomic E-state index is 6.17. The van der Waals surface area contributed by atoms with E-state index in [0.29, 0.717) is 12.0 Å². The van der Waals surface area contributed by atoms with Gasteiger partial charge in [0.05, 0.1) is 12.3 Å². The number of aromatic amines is 1. The van der Waals surface area contributed by atoms with Crippen molar-refractivity contribution in [2.45, 2.75) is 73.1 Å². The molecule has 4 nitrogen and oxygen atoms in total. The third-order valence-electron chi connectivity index (χ3n) is 7.55. The maximum Gasteiger partial charge on any atom is 0.123 e. The highest BCUT2D eigenvalue weighted by Gasteiger charge is 2.26. The largest absolute Gasteiger partial charge is 0.493 e. The highest BCUT2D eigenvalue weighted by molar-refractivity contribution is 7.15. The zero-order chi connectivity index (χ0) is 24.1. The lowest BCUT2D eigenvalue weighted by Crippen LogP contribution is -2.21. The number of thiazole rings is 1. The Labute approximate surface area is 207 Å². The van der Waals surface area contributed by atoms with Crippen LogP contribution in [0.4, 0.5) is 0 Å². The molecule has 4 rings (SSSR count). The molecular weight excluding hydrogens is 438 g/mol. The van der Waals surface area contributed by atoms with Crippen molar-refractivity contribution in [1.29, 1.82) is 0 Å². The Morgan fingerprint density at radius 1 is 1.00 bits per heavy atom. The van der Waals surface area contributed by atoms with Gasteiger partial charge in [-0.2, -0.15) is 0 Å². The van der Waals surface area contributed by atoms with E-state index in [1.807, 2.05) is 24.5 Å². The Morgan fingerprint density at radius 3 is 2.41 bits per heavy atom. The zero-order valence-electron chi connectivity index (χ0n) is 21.2. The predicted molar refractivity (Wildman–Crippen MR) is 144 cm³/mol. The number of hydrogen-bond donors (Lipinski definition) is 1. The van der Waals surface area contributed by atoms with Crippen LogP contribution in [0.3, 0.4) is 0 Å². The number of ether oxygens (including phenoxy) is 1. The number of nitrogens with zero attached hydrogens (tertiary/aromatic N) is 2. The van der Waals surface area contributed by atoms with E-state index in [2.05, 4.69) is 62.8 Å². The monoisotopic (exact) mass is 475 g/mol. The van der Waals surface area contributed by atoms with Gasteiger partial charge >= 0.3 is 0 Å². The molecule has 0 radical (unpaired) electrons. The number of pyridine rings is 1. The summed E-state index contributed by atoms with van der Waals surface area (Å²) in [6.07, 6.45) is 10.2. The van der Waals surface area contributed by atoms with Crippen molar-refractivity contribution in [1.82, 2.24) is 15.0 Å². The van der Waals surface area contributed by atoms with Crippen LogP contribution in [0.1, 0.15) is 68.8 Å². The van der Waals surface area contributed by atoms with Gasteiger partial charge in [0.15, 0.2) is 0 Å². The fourth-order valence-corrected chi connectivity index (χ4v) is 5.94. The Kier molecular flexibility index (Phi) is 7.72. The molecule has 34 heavy (non-hydrogen) atoms. The Morgan fingerprint density at radius 2 is 1.74 bits per heavy atom. The normalized spacial score (nSPS) is 11.9. The average Bonchev–Trinajstić information content (AvgIpc) is 3.42. The first-order chi connectivity index (χ1) is 16.5. The molecule has 0 spiro atoms. The molecular formula is C29H37N3OS. The number of aromatic nitrogens is 3. The average molecular weight is 476 g/mol. The highest BCUT2D eigenvalue weighted by atomic mass is 32.1. The van der Waals surface area contributed by atoms with E-state index in [-0.39, 0.29) is 0 Å². The van der Waals surface area contributed by atoms with E-state index >= 15 is 0 Å². The molecule has 0 aliphatic heterocycles. The van der Waals surface area contributed by atoms with Crippen LogP contribution in [0.2, 0.25) is 0 Å². The number of rotatable bonds is 11. The van der Waals surface area contributed by atoms with E-state index in [1.54, 1.807) is 11.3 Å². The third-order valence-corrected chi connectivity index (χ3v) is 8.61. The van der Waals surface area contributed by atoms with Crippen LogP contribution in [0.25, 0.3) is 21.5 Å². The second-order valence-corrected chi connectivity index (χ2v) is 10.4. The van der Waals surface area contributed by atoms with Crippen molar-refractivity contribution in [3.63, 3.8) is 0 Å². The van der Waals surface area contributed by atoms with Crippen molar-refractivity contribution in [2.75, 3.05) is 6.61 Å². The van der Waals surface area contributed by atoms with Gasteiger partial charge in [-0.05, 0) is 55.0 Å². The van der Waals surface area contributed by atoms with E-state index < -0.39 is 0 Å². The molecule has 3 aromatic heterocycles. The lowest BCUT2D eigenvalue weighted by Gasteiger charge is -2.30. The van der Waals surface area contributed by atoms with Gasteiger partial charge in [-0.3, -0.25) is 4.98 Å². The molecule has 0 saturated carbocycles. The second-order valence-electron chi connectivity index (χ2n) is 9.24. The van der Waals surface area contributed by atoms with Crippen molar-refractivity contribution < 1.29 is 4.74 Å².